The highest BCUT2D eigenvalue weighted by Crippen LogP contribution is 2.54. The van der Waals surface area contributed by atoms with Crippen LogP contribution in [-0.2, 0) is 5.41 Å². The number of aryl methyl sites for hydroxylation is 1. The van der Waals surface area contributed by atoms with Crippen LogP contribution in [-0.4, -0.2) is 9.13 Å². The van der Waals surface area contributed by atoms with E-state index in [2.05, 4.69) is 302 Å². The zero-order valence-electron chi connectivity index (χ0n) is 43.2. The summed E-state index contributed by atoms with van der Waals surface area (Å²) in [5.74, 6) is 0. The summed E-state index contributed by atoms with van der Waals surface area (Å²) < 4.78 is 4.85. The summed E-state index contributed by atoms with van der Waals surface area (Å²) in [5, 5.41) is 7.40. The van der Waals surface area contributed by atoms with Crippen molar-refractivity contribution in [2.75, 3.05) is 4.90 Å². The molecule has 0 bridgehead atoms. The van der Waals surface area contributed by atoms with Gasteiger partial charge in [-0.25, -0.2) is 0 Å². The van der Waals surface area contributed by atoms with E-state index >= 15 is 0 Å². The molecule has 0 fully saturated rings. The van der Waals surface area contributed by atoms with E-state index in [0.717, 1.165) is 50.6 Å². The van der Waals surface area contributed by atoms with Gasteiger partial charge < -0.3 is 14.0 Å². The molecule has 0 atom stereocenters. The van der Waals surface area contributed by atoms with Crippen molar-refractivity contribution in [1.29, 1.82) is 0 Å². The second-order valence-electron chi connectivity index (χ2n) is 21.4. The number of fused-ring (bicyclic) bond motifs is 10. The predicted octanol–water partition coefficient (Wildman–Crippen LogP) is 20.1. The van der Waals surface area contributed by atoms with Gasteiger partial charge >= 0.3 is 0 Å². The molecule has 3 nitrogen and oxygen atoms in total. The van der Waals surface area contributed by atoms with Crippen LogP contribution in [0, 0.1) is 6.92 Å². The molecule has 364 valence electrons. The summed E-state index contributed by atoms with van der Waals surface area (Å²) in [6.45, 7) is 6.89. The number of anilines is 3. The van der Waals surface area contributed by atoms with Crippen LogP contribution < -0.4 is 4.90 Å². The van der Waals surface area contributed by atoms with Crippen LogP contribution in [0.1, 0.15) is 30.5 Å². The van der Waals surface area contributed by atoms with Gasteiger partial charge in [-0.3, -0.25) is 0 Å². The van der Waals surface area contributed by atoms with Crippen LogP contribution in [0.15, 0.2) is 267 Å². The molecule has 15 rings (SSSR count). The summed E-state index contributed by atoms with van der Waals surface area (Å²) >= 11 is 0. The molecule has 12 aromatic carbocycles. The Labute approximate surface area is 448 Å². The van der Waals surface area contributed by atoms with Gasteiger partial charge in [0.15, 0.2) is 0 Å². The lowest BCUT2D eigenvalue weighted by molar-refractivity contribution is 0.660. The van der Waals surface area contributed by atoms with Crippen LogP contribution >= 0.6 is 0 Å². The third-order valence-corrected chi connectivity index (χ3v) is 16.5. The van der Waals surface area contributed by atoms with Crippen molar-refractivity contribution in [1.82, 2.24) is 9.13 Å². The van der Waals surface area contributed by atoms with Crippen molar-refractivity contribution >= 4 is 71.4 Å². The lowest BCUT2D eigenvalue weighted by Crippen LogP contribution is -2.16. The summed E-state index contributed by atoms with van der Waals surface area (Å²) in [6.07, 6.45) is 0. The van der Waals surface area contributed by atoms with Crippen molar-refractivity contribution in [3.05, 3.63) is 284 Å². The predicted molar refractivity (Wildman–Crippen MR) is 326 cm³/mol. The highest BCUT2D eigenvalue weighted by atomic mass is 15.1. The zero-order chi connectivity index (χ0) is 51.4. The molecule has 3 heteroatoms. The Hall–Kier alpha value is -9.70. The average molecular weight is 984 g/mol. The van der Waals surface area contributed by atoms with E-state index in [9.17, 15) is 0 Å². The van der Waals surface area contributed by atoms with E-state index in [0.29, 0.717) is 0 Å². The maximum atomic E-state index is 2.47. The van der Waals surface area contributed by atoms with Crippen molar-refractivity contribution in [3.63, 3.8) is 0 Å². The number of para-hydroxylation sites is 3. The van der Waals surface area contributed by atoms with E-state index in [1.54, 1.807) is 0 Å². The van der Waals surface area contributed by atoms with Gasteiger partial charge in [-0.15, -0.1) is 0 Å². The molecule has 0 radical (unpaired) electrons. The van der Waals surface area contributed by atoms with E-state index in [4.69, 9.17) is 0 Å². The molecule has 0 amide bonds. The Morgan fingerprint density at radius 3 is 1.69 bits per heavy atom. The largest absolute Gasteiger partial charge is 0.310 e. The number of hydrogen-bond donors (Lipinski definition) is 0. The van der Waals surface area contributed by atoms with Crippen LogP contribution in [0.3, 0.4) is 0 Å². The summed E-state index contributed by atoms with van der Waals surface area (Å²) in [6, 6.07) is 99.2. The Balaban J connectivity index is 0.946. The van der Waals surface area contributed by atoms with Crippen LogP contribution in [0.5, 0.6) is 0 Å². The first-order valence-electron chi connectivity index (χ1n) is 26.8. The molecule has 77 heavy (non-hydrogen) atoms. The van der Waals surface area contributed by atoms with Crippen molar-refractivity contribution < 1.29 is 0 Å². The third kappa shape index (κ3) is 7.19. The average Bonchev–Trinajstić information content (AvgIpc) is 4.23. The standard InChI is InChI=1S/C74H53N3/c1-48-31-36-58(37-32-48)75(71-30-16-27-67-73(71)64-25-9-12-26-66(64)74(67,2)3)59-22-15-19-51(45-59)54-41-55(52-35-40-70-65(46-52)62-24-11-14-29-69(62)76(70)57-20-5-4-6-21-57)43-56(42-54)53-34-39-63-61-23-10-13-28-68(61)77(72(63)47-53)60-38-33-49-17-7-8-18-50(49)44-60/h4-47H,1-3H3. The molecule has 0 spiro atoms. The highest BCUT2D eigenvalue weighted by Gasteiger charge is 2.37. The molecule has 14 aromatic rings. The maximum Gasteiger partial charge on any atom is 0.0547 e. The van der Waals surface area contributed by atoms with Gasteiger partial charge in [-0.1, -0.05) is 183 Å². The van der Waals surface area contributed by atoms with E-state index < -0.39 is 0 Å². The molecule has 0 N–H and O–H groups in total. The van der Waals surface area contributed by atoms with Crippen LogP contribution in [0.25, 0.3) is 110 Å². The minimum Gasteiger partial charge on any atom is -0.310 e. The Kier molecular flexibility index (Phi) is 10.1. The molecule has 1 aliphatic carbocycles. The lowest BCUT2D eigenvalue weighted by atomic mass is 9.82. The highest BCUT2D eigenvalue weighted by molar-refractivity contribution is 6.12. The first kappa shape index (κ1) is 44.8. The van der Waals surface area contributed by atoms with Crippen LogP contribution in [0.4, 0.5) is 17.1 Å². The molecule has 0 saturated carbocycles. The third-order valence-electron chi connectivity index (χ3n) is 16.5. The van der Waals surface area contributed by atoms with Crippen molar-refractivity contribution in [2.45, 2.75) is 26.2 Å². The summed E-state index contributed by atoms with van der Waals surface area (Å²) in [5.41, 5.74) is 23.8. The van der Waals surface area contributed by atoms with Crippen molar-refractivity contribution in [3.8, 4) is 55.9 Å². The van der Waals surface area contributed by atoms with Gasteiger partial charge in [0, 0.05) is 55.3 Å². The lowest BCUT2D eigenvalue weighted by Gasteiger charge is -2.29. The second kappa shape index (κ2) is 17.4. The first-order valence-corrected chi connectivity index (χ1v) is 26.8. The van der Waals surface area contributed by atoms with Crippen LogP contribution in [0.2, 0.25) is 0 Å². The normalized spacial score (nSPS) is 12.7. The van der Waals surface area contributed by atoms with E-state index in [-0.39, 0.29) is 5.41 Å². The van der Waals surface area contributed by atoms with Gasteiger partial charge in [0.05, 0.1) is 27.8 Å². The van der Waals surface area contributed by atoms with Gasteiger partial charge in [0.2, 0.25) is 0 Å². The summed E-state index contributed by atoms with van der Waals surface area (Å²) in [7, 11) is 0. The number of hydrogen-bond acceptors (Lipinski definition) is 1. The fourth-order valence-electron chi connectivity index (χ4n) is 12.7. The first-order chi connectivity index (χ1) is 37.8. The maximum absolute atomic E-state index is 2.47. The Morgan fingerprint density at radius 2 is 0.909 bits per heavy atom. The number of rotatable bonds is 8. The van der Waals surface area contributed by atoms with Gasteiger partial charge in [-0.05, 0) is 171 Å². The minimum atomic E-state index is -0.133. The number of aromatic nitrogens is 2. The quantitative estimate of drug-likeness (QED) is 0.148. The van der Waals surface area contributed by atoms with E-state index in [1.807, 2.05) is 0 Å². The second-order valence-corrected chi connectivity index (χ2v) is 21.4. The minimum absolute atomic E-state index is 0.133. The molecular weight excluding hydrogens is 931 g/mol. The topological polar surface area (TPSA) is 13.1 Å². The molecule has 0 saturated heterocycles. The van der Waals surface area contributed by atoms with Gasteiger partial charge in [0.25, 0.3) is 0 Å². The van der Waals surface area contributed by atoms with Crippen molar-refractivity contribution in [2.24, 2.45) is 0 Å². The number of benzene rings is 12. The summed E-state index contributed by atoms with van der Waals surface area (Å²) in [4.78, 5) is 2.47. The Bertz CT molecular complexity index is 4670. The van der Waals surface area contributed by atoms with Gasteiger partial charge in [-0.2, -0.15) is 0 Å². The molecule has 1 aliphatic rings. The fourth-order valence-corrected chi connectivity index (χ4v) is 12.7. The molecule has 0 aliphatic heterocycles. The zero-order valence-corrected chi connectivity index (χ0v) is 43.2. The van der Waals surface area contributed by atoms with Gasteiger partial charge in [0.1, 0.15) is 0 Å². The van der Waals surface area contributed by atoms with E-state index in [1.165, 1.54) is 93.5 Å². The number of nitrogens with zero attached hydrogens (tertiary/aromatic N) is 3. The molecular formula is C74H53N3. The smallest absolute Gasteiger partial charge is 0.0547 e. The molecule has 0 unspecified atom stereocenters. The Morgan fingerprint density at radius 1 is 0.325 bits per heavy atom. The monoisotopic (exact) mass is 983 g/mol. The SMILES string of the molecule is Cc1ccc(N(c2cccc(-c3cc(-c4ccc5c(c4)c4ccccc4n5-c4ccccc4)cc(-c4ccc5c6ccccc6n(-c6ccc7ccccc7c6)c5c4)c3)c2)c2cccc3c2-c2ccccc2C3(C)C)cc1. The molecule has 2 aromatic heterocycles. The molecule has 2 heterocycles. The fraction of sp³-hybridized carbons (Fsp3) is 0.0541.